The van der Waals surface area contributed by atoms with E-state index in [0.717, 1.165) is 29.5 Å². The van der Waals surface area contributed by atoms with E-state index in [9.17, 15) is 14.3 Å². The number of carboxylic acid groups (broad SMARTS) is 1. The molecule has 0 heterocycles. The second-order valence-corrected chi connectivity index (χ2v) is 11.1. The van der Waals surface area contributed by atoms with Crippen LogP contribution in [0.1, 0.15) is 75.7 Å². The van der Waals surface area contributed by atoms with Gasteiger partial charge in [0, 0.05) is 18.1 Å². The van der Waals surface area contributed by atoms with Gasteiger partial charge in [-0.2, -0.15) is 0 Å². The fourth-order valence-corrected chi connectivity index (χ4v) is 5.12. The van der Waals surface area contributed by atoms with Crippen molar-refractivity contribution < 1.29 is 28.2 Å². The Hall–Kier alpha value is -3.25. The van der Waals surface area contributed by atoms with Crippen LogP contribution in [0.15, 0.2) is 60.7 Å². The van der Waals surface area contributed by atoms with Crippen LogP contribution in [0.2, 0.25) is 0 Å². The normalized spacial score (nSPS) is 15.2. The minimum absolute atomic E-state index is 0.0930. The molecule has 0 bridgehead atoms. The van der Waals surface area contributed by atoms with Gasteiger partial charge < -0.3 is 14.6 Å². The molecule has 3 aromatic rings. The SMILES string of the molecule is CCO[C@H](c1cc(COc2cccc([C@@H](CC(=O)O)C3CC3)c2F)ccc1-c1ccccc1F)C(C)(C)C. The summed E-state index contributed by atoms with van der Waals surface area (Å²) in [5.74, 6) is -1.82. The summed E-state index contributed by atoms with van der Waals surface area (Å²) in [7, 11) is 0. The van der Waals surface area contributed by atoms with Crippen molar-refractivity contribution in [1.29, 1.82) is 0 Å². The number of rotatable bonds is 11. The predicted octanol–water partition coefficient (Wildman–Crippen LogP) is 8.30. The molecule has 1 saturated carbocycles. The fourth-order valence-electron chi connectivity index (χ4n) is 5.12. The lowest BCUT2D eigenvalue weighted by atomic mass is 9.81. The van der Waals surface area contributed by atoms with Crippen molar-refractivity contribution in [3.63, 3.8) is 0 Å². The van der Waals surface area contributed by atoms with Crippen LogP contribution in [0, 0.1) is 23.0 Å². The van der Waals surface area contributed by atoms with E-state index in [-0.39, 0.29) is 47.9 Å². The van der Waals surface area contributed by atoms with Gasteiger partial charge in [-0.3, -0.25) is 4.79 Å². The molecule has 4 rings (SSSR count). The molecule has 0 aromatic heterocycles. The summed E-state index contributed by atoms with van der Waals surface area (Å²) in [5.41, 5.74) is 3.00. The molecule has 4 nitrogen and oxygen atoms in total. The van der Waals surface area contributed by atoms with Gasteiger partial charge in [0.15, 0.2) is 11.6 Å². The first-order valence-corrected chi connectivity index (χ1v) is 13.2. The third-order valence-corrected chi connectivity index (χ3v) is 7.05. The number of carboxylic acids is 1. The molecule has 1 aliphatic rings. The summed E-state index contributed by atoms with van der Waals surface area (Å²) in [6.45, 7) is 8.77. The smallest absolute Gasteiger partial charge is 0.303 e. The van der Waals surface area contributed by atoms with Crippen LogP contribution < -0.4 is 4.74 Å². The van der Waals surface area contributed by atoms with Crippen molar-refractivity contribution in [1.82, 2.24) is 0 Å². The molecular weight excluding hydrogens is 486 g/mol. The first-order chi connectivity index (χ1) is 18.1. The van der Waals surface area contributed by atoms with Crippen molar-refractivity contribution in [3.05, 3.63) is 89.0 Å². The zero-order valence-corrected chi connectivity index (χ0v) is 22.5. The molecule has 3 aromatic carbocycles. The Morgan fingerprint density at radius 1 is 1.00 bits per heavy atom. The zero-order valence-electron chi connectivity index (χ0n) is 22.5. The van der Waals surface area contributed by atoms with E-state index in [1.54, 1.807) is 36.4 Å². The van der Waals surface area contributed by atoms with E-state index >= 15 is 4.39 Å². The average Bonchev–Trinajstić information content (AvgIpc) is 3.70. The second-order valence-electron chi connectivity index (χ2n) is 11.1. The lowest BCUT2D eigenvalue weighted by Gasteiger charge is -2.32. The van der Waals surface area contributed by atoms with E-state index in [1.807, 2.05) is 25.1 Å². The van der Waals surface area contributed by atoms with E-state index in [0.29, 0.717) is 17.7 Å². The van der Waals surface area contributed by atoms with Crippen LogP contribution in [0.3, 0.4) is 0 Å². The number of ether oxygens (including phenoxy) is 2. The third-order valence-electron chi connectivity index (χ3n) is 7.05. The number of halogens is 2. The van der Waals surface area contributed by atoms with Crippen LogP contribution in [0.4, 0.5) is 8.78 Å². The standard InChI is InChI=1S/C32H36F2O4/c1-5-37-31(32(2,3)4)26-17-20(13-16-22(26)23-9-6-7-11-27(23)33)19-38-28-12-8-10-24(30(28)34)25(18-29(35)36)21-14-15-21/h6-13,16-17,21,25,31H,5,14-15,18-19H2,1-4H3,(H,35,36)/t25-,31+/m0/s1. The molecule has 2 atom stereocenters. The van der Waals surface area contributed by atoms with Gasteiger partial charge in [-0.05, 0) is 71.6 Å². The lowest BCUT2D eigenvalue weighted by molar-refractivity contribution is -0.137. The summed E-state index contributed by atoms with van der Waals surface area (Å²) in [5, 5.41) is 9.33. The minimum atomic E-state index is -0.933. The van der Waals surface area contributed by atoms with Crippen LogP contribution in [0.25, 0.3) is 11.1 Å². The van der Waals surface area contributed by atoms with Crippen LogP contribution in [-0.2, 0) is 16.1 Å². The minimum Gasteiger partial charge on any atom is -0.486 e. The topological polar surface area (TPSA) is 55.8 Å². The molecule has 0 aliphatic heterocycles. The quantitative estimate of drug-likeness (QED) is 0.275. The van der Waals surface area contributed by atoms with Crippen LogP contribution >= 0.6 is 0 Å². The Kier molecular flexibility index (Phi) is 8.51. The fraction of sp³-hybridized carbons (Fsp3) is 0.406. The first kappa shape index (κ1) is 27.8. The third kappa shape index (κ3) is 6.41. The molecule has 38 heavy (non-hydrogen) atoms. The van der Waals surface area contributed by atoms with Gasteiger partial charge in [-0.25, -0.2) is 8.78 Å². The van der Waals surface area contributed by atoms with E-state index < -0.39 is 11.8 Å². The van der Waals surface area contributed by atoms with E-state index in [4.69, 9.17) is 9.47 Å². The van der Waals surface area contributed by atoms with Crippen LogP contribution in [0.5, 0.6) is 5.75 Å². The van der Waals surface area contributed by atoms with Gasteiger partial charge >= 0.3 is 5.97 Å². The predicted molar refractivity (Wildman–Crippen MR) is 144 cm³/mol. The summed E-state index contributed by atoms with van der Waals surface area (Å²) >= 11 is 0. The Bertz CT molecular complexity index is 1280. The highest BCUT2D eigenvalue weighted by Gasteiger charge is 2.36. The largest absolute Gasteiger partial charge is 0.486 e. The summed E-state index contributed by atoms with van der Waals surface area (Å²) < 4.78 is 42.4. The van der Waals surface area contributed by atoms with Crippen molar-refractivity contribution >= 4 is 5.97 Å². The number of benzene rings is 3. The molecule has 0 radical (unpaired) electrons. The molecule has 0 amide bonds. The van der Waals surface area contributed by atoms with Crippen molar-refractivity contribution in [2.24, 2.45) is 11.3 Å². The zero-order chi connectivity index (χ0) is 27.4. The van der Waals surface area contributed by atoms with E-state index in [2.05, 4.69) is 20.8 Å². The Morgan fingerprint density at radius 3 is 2.37 bits per heavy atom. The van der Waals surface area contributed by atoms with E-state index in [1.165, 1.54) is 6.07 Å². The first-order valence-electron chi connectivity index (χ1n) is 13.2. The van der Waals surface area contributed by atoms with Gasteiger partial charge in [0.2, 0.25) is 0 Å². The maximum absolute atomic E-state index is 15.5. The van der Waals surface area contributed by atoms with Crippen molar-refractivity contribution in [3.8, 4) is 16.9 Å². The Balaban J connectivity index is 1.66. The molecule has 202 valence electrons. The second kappa shape index (κ2) is 11.6. The maximum atomic E-state index is 15.5. The number of carbonyl (C=O) groups is 1. The van der Waals surface area contributed by atoms with Gasteiger partial charge in [0.1, 0.15) is 12.4 Å². The summed E-state index contributed by atoms with van der Waals surface area (Å²) in [4.78, 5) is 11.4. The molecular formula is C32H36F2O4. The van der Waals surface area contributed by atoms with Crippen molar-refractivity contribution in [2.45, 2.75) is 65.6 Å². The van der Waals surface area contributed by atoms with Gasteiger partial charge in [0.05, 0.1) is 12.5 Å². The summed E-state index contributed by atoms with van der Waals surface area (Å²) in [6, 6.07) is 17.3. The monoisotopic (exact) mass is 522 g/mol. The Morgan fingerprint density at radius 2 is 1.74 bits per heavy atom. The highest BCUT2D eigenvalue weighted by molar-refractivity contribution is 5.69. The lowest BCUT2D eigenvalue weighted by Crippen LogP contribution is -2.22. The molecule has 6 heteroatoms. The van der Waals surface area contributed by atoms with Crippen LogP contribution in [-0.4, -0.2) is 17.7 Å². The molecule has 0 spiro atoms. The molecule has 0 unspecified atom stereocenters. The Labute approximate surface area is 223 Å². The number of hydrogen-bond acceptors (Lipinski definition) is 3. The highest BCUT2D eigenvalue weighted by atomic mass is 19.1. The molecule has 1 N–H and O–H groups in total. The van der Waals surface area contributed by atoms with Gasteiger partial charge in [0.25, 0.3) is 0 Å². The van der Waals surface area contributed by atoms with Gasteiger partial charge in [-0.1, -0.05) is 63.2 Å². The summed E-state index contributed by atoms with van der Waals surface area (Å²) in [6.07, 6.45) is 1.41. The maximum Gasteiger partial charge on any atom is 0.303 e. The molecule has 1 aliphatic carbocycles. The molecule has 1 fully saturated rings. The number of hydrogen-bond donors (Lipinski definition) is 1. The number of aliphatic carboxylic acids is 1. The highest BCUT2D eigenvalue weighted by Crippen LogP contribution is 2.46. The average molecular weight is 523 g/mol. The van der Waals surface area contributed by atoms with Crippen molar-refractivity contribution in [2.75, 3.05) is 6.61 Å². The van der Waals surface area contributed by atoms with Gasteiger partial charge in [-0.15, -0.1) is 0 Å². The molecule has 0 saturated heterocycles.